The third kappa shape index (κ3) is 4.22. The third-order valence-electron chi connectivity index (χ3n) is 5.48. The van der Waals surface area contributed by atoms with Crippen LogP contribution < -0.4 is 10.5 Å². The Balaban J connectivity index is 1.68. The smallest absolute Gasteiger partial charge is 0.262 e. The van der Waals surface area contributed by atoms with Crippen LogP contribution in [-0.2, 0) is 22.5 Å². The fourth-order valence-corrected chi connectivity index (χ4v) is 5.10. The number of methoxy groups -OCH3 is 1. The summed E-state index contributed by atoms with van der Waals surface area (Å²) in [6, 6.07) is 13.1. The fourth-order valence-electron chi connectivity index (χ4n) is 3.95. The molecule has 1 amide bonds. The molecule has 162 valence electrons. The van der Waals surface area contributed by atoms with Crippen LogP contribution in [0.25, 0.3) is 10.9 Å². The second kappa shape index (κ2) is 9.02. The highest BCUT2D eigenvalue weighted by atomic mass is 35.5. The predicted molar refractivity (Wildman–Crippen MR) is 125 cm³/mol. The number of halogens is 1. The molecule has 0 bridgehead atoms. The molecule has 8 heteroatoms. The lowest BCUT2D eigenvalue weighted by Gasteiger charge is -2.26. The van der Waals surface area contributed by atoms with Crippen LogP contribution >= 0.6 is 23.4 Å². The summed E-state index contributed by atoms with van der Waals surface area (Å²) in [4.78, 5) is 33.0. The standard InChI is InChI=1S/C23H24ClN3O3S/c1-14-12-16-6-4-5-7-20(16)27(14)21(28)15(2)31-23-25-19-13-17(24)8-9-18(19)22(29)26(23)10-11-30-3/h4-9,13-15H,10-12H2,1-3H3/t14-,15-/m0/s1. The second-order valence-corrected chi connectivity index (χ2v) is 9.40. The summed E-state index contributed by atoms with van der Waals surface area (Å²) in [6.07, 6.45) is 0.838. The van der Waals surface area contributed by atoms with Crippen molar-refractivity contribution >= 4 is 45.9 Å². The summed E-state index contributed by atoms with van der Waals surface area (Å²) in [5.41, 5.74) is 2.49. The first-order valence-electron chi connectivity index (χ1n) is 10.2. The number of thioether (sulfide) groups is 1. The van der Waals surface area contributed by atoms with Crippen LogP contribution in [-0.4, -0.2) is 40.5 Å². The summed E-state index contributed by atoms with van der Waals surface area (Å²) in [6.45, 7) is 4.63. The molecule has 31 heavy (non-hydrogen) atoms. The highest BCUT2D eigenvalue weighted by molar-refractivity contribution is 8.00. The average molecular weight is 458 g/mol. The Morgan fingerprint density at radius 1 is 1.32 bits per heavy atom. The minimum absolute atomic E-state index is 0.00109. The summed E-state index contributed by atoms with van der Waals surface area (Å²) < 4.78 is 6.76. The number of hydrogen-bond donors (Lipinski definition) is 0. The molecular formula is C23H24ClN3O3S. The molecule has 0 radical (unpaired) electrons. The van der Waals surface area contributed by atoms with Crippen molar-refractivity contribution in [1.82, 2.24) is 9.55 Å². The van der Waals surface area contributed by atoms with Crippen LogP contribution in [0.3, 0.4) is 0 Å². The van der Waals surface area contributed by atoms with Gasteiger partial charge in [0.2, 0.25) is 5.91 Å². The van der Waals surface area contributed by atoms with E-state index in [-0.39, 0.29) is 17.5 Å². The first kappa shape index (κ1) is 21.9. The molecule has 2 aromatic carbocycles. The Bertz CT molecular complexity index is 1200. The maximum Gasteiger partial charge on any atom is 0.262 e. The maximum atomic E-state index is 13.4. The van der Waals surface area contributed by atoms with Gasteiger partial charge in [-0.05, 0) is 50.1 Å². The van der Waals surface area contributed by atoms with Crippen LogP contribution in [0.15, 0.2) is 52.4 Å². The van der Waals surface area contributed by atoms with Gasteiger partial charge in [0.25, 0.3) is 5.56 Å². The molecule has 0 spiro atoms. The van der Waals surface area contributed by atoms with E-state index < -0.39 is 5.25 Å². The summed E-state index contributed by atoms with van der Waals surface area (Å²) >= 11 is 7.41. The van der Waals surface area contributed by atoms with E-state index in [2.05, 4.69) is 18.0 Å². The Morgan fingerprint density at radius 3 is 2.87 bits per heavy atom. The summed E-state index contributed by atoms with van der Waals surface area (Å²) in [7, 11) is 1.59. The number of aromatic nitrogens is 2. The van der Waals surface area contributed by atoms with Gasteiger partial charge in [0.15, 0.2) is 5.16 Å². The van der Waals surface area contributed by atoms with Crippen LogP contribution in [0.5, 0.6) is 0 Å². The lowest BCUT2D eigenvalue weighted by molar-refractivity contribution is -0.118. The lowest BCUT2D eigenvalue weighted by Crippen LogP contribution is -2.40. The van der Waals surface area contributed by atoms with Gasteiger partial charge in [-0.2, -0.15) is 0 Å². The molecule has 0 fully saturated rings. The number of carbonyl (C=O) groups excluding carboxylic acids is 1. The highest BCUT2D eigenvalue weighted by Crippen LogP contribution is 2.34. The molecule has 0 saturated heterocycles. The van der Waals surface area contributed by atoms with E-state index in [1.807, 2.05) is 30.0 Å². The van der Waals surface area contributed by atoms with Crippen molar-refractivity contribution in [3.63, 3.8) is 0 Å². The number of anilines is 1. The molecule has 3 aromatic rings. The molecule has 0 saturated carbocycles. The molecule has 4 rings (SSSR count). The molecule has 1 aliphatic heterocycles. The number of benzene rings is 2. The van der Waals surface area contributed by atoms with Crippen molar-refractivity contribution in [3.8, 4) is 0 Å². The number of rotatable bonds is 6. The molecule has 1 aliphatic rings. The van der Waals surface area contributed by atoms with Crippen LogP contribution in [0, 0.1) is 0 Å². The Labute approximate surface area is 190 Å². The minimum atomic E-state index is -0.425. The van der Waals surface area contributed by atoms with E-state index in [1.165, 1.54) is 17.3 Å². The lowest BCUT2D eigenvalue weighted by atomic mass is 10.1. The van der Waals surface area contributed by atoms with Gasteiger partial charge < -0.3 is 9.64 Å². The molecule has 6 nitrogen and oxygen atoms in total. The number of amides is 1. The van der Waals surface area contributed by atoms with Gasteiger partial charge in [-0.1, -0.05) is 41.6 Å². The predicted octanol–water partition coefficient (Wildman–Crippen LogP) is 4.15. The topological polar surface area (TPSA) is 64.4 Å². The van der Waals surface area contributed by atoms with Crippen molar-refractivity contribution in [2.75, 3.05) is 18.6 Å². The zero-order valence-corrected chi connectivity index (χ0v) is 19.2. The molecule has 2 atom stereocenters. The Kier molecular flexibility index (Phi) is 6.36. The molecule has 1 aromatic heterocycles. The van der Waals surface area contributed by atoms with Crippen molar-refractivity contribution in [1.29, 1.82) is 0 Å². The first-order valence-corrected chi connectivity index (χ1v) is 11.4. The van der Waals surface area contributed by atoms with E-state index >= 15 is 0 Å². The van der Waals surface area contributed by atoms with E-state index in [0.29, 0.717) is 34.2 Å². The Morgan fingerprint density at radius 2 is 2.10 bits per heavy atom. The van der Waals surface area contributed by atoms with E-state index in [9.17, 15) is 9.59 Å². The number of hydrogen-bond acceptors (Lipinski definition) is 5. The normalized spacial score (nSPS) is 16.5. The summed E-state index contributed by atoms with van der Waals surface area (Å²) in [5.74, 6) is 0.00109. The summed E-state index contributed by atoms with van der Waals surface area (Å²) in [5, 5.41) is 1.06. The number of fused-ring (bicyclic) bond motifs is 2. The number of ether oxygens (including phenoxy) is 1. The Hall–Kier alpha value is -2.35. The largest absolute Gasteiger partial charge is 0.383 e. The average Bonchev–Trinajstić information content (AvgIpc) is 3.08. The fraction of sp³-hybridized carbons (Fsp3) is 0.348. The number of para-hydroxylation sites is 1. The minimum Gasteiger partial charge on any atom is -0.383 e. The second-order valence-electron chi connectivity index (χ2n) is 7.66. The van der Waals surface area contributed by atoms with Gasteiger partial charge in [0.05, 0.1) is 29.3 Å². The maximum absolute atomic E-state index is 13.4. The molecular weight excluding hydrogens is 434 g/mol. The van der Waals surface area contributed by atoms with Crippen molar-refractivity contribution in [2.24, 2.45) is 0 Å². The van der Waals surface area contributed by atoms with Gasteiger partial charge in [-0.25, -0.2) is 4.98 Å². The molecule has 0 unspecified atom stereocenters. The zero-order chi connectivity index (χ0) is 22.1. The van der Waals surface area contributed by atoms with Crippen molar-refractivity contribution < 1.29 is 9.53 Å². The van der Waals surface area contributed by atoms with Gasteiger partial charge in [-0.15, -0.1) is 0 Å². The third-order valence-corrected chi connectivity index (χ3v) is 6.79. The molecule has 0 N–H and O–H groups in total. The van der Waals surface area contributed by atoms with E-state index in [4.69, 9.17) is 16.3 Å². The monoisotopic (exact) mass is 457 g/mol. The number of carbonyl (C=O) groups is 1. The van der Waals surface area contributed by atoms with Gasteiger partial charge >= 0.3 is 0 Å². The van der Waals surface area contributed by atoms with Crippen molar-refractivity contribution in [3.05, 3.63) is 63.4 Å². The van der Waals surface area contributed by atoms with Crippen molar-refractivity contribution in [2.45, 2.75) is 43.3 Å². The molecule has 0 aliphatic carbocycles. The molecule has 2 heterocycles. The zero-order valence-electron chi connectivity index (χ0n) is 17.7. The highest BCUT2D eigenvalue weighted by Gasteiger charge is 2.34. The van der Waals surface area contributed by atoms with Gasteiger partial charge in [0, 0.05) is 23.9 Å². The first-order chi connectivity index (χ1) is 14.9. The van der Waals surface area contributed by atoms with Crippen LogP contribution in [0.4, 0.5) is 5.69 Å². The van der Waals surface area contributed by atoms with E-state index in [0.717, 1.165) is 12.1 Å². The number of nitrogens with zero attached hydrogens (tertiary/aromatic N) is 3. The van der Waals surface area contributed by atoms with Gasteiger partial charge in [0.1, 0.15) is 0 Å². The quantitative estimate of drug-likeness (QED) is 0.411. The van der Waals surface area contributed by atoms with E-state index in [1.54, 1.807) is 29.9 Å². The SMILES string of the molecule is COCCn1c(S[C@@H](C)C(=O)N2c3ccccc3C[C@@H]2C)nc2cc(Cl)ccc2c1=O. The van der Waals surface area contributed by atoms with Crippen LogP contribution in [0.1, 0.15) is 19.4 Å². The van der Waals surface area contributed by atoms with Crippen LogP contribution in [0.2, 0.25) is 5.02 Å². The van der Waals surface area contributed by atoms with Gasteiger partial charge in [-0.3, -0.25) is 14.2 Å².